The van der Waals surface area contributed by atoms with Gasteiger partial charge in [-0.2, -0.15) is 5.10 Å². The van der Waals surface area contributed by atoms with Crippen LogP contribution in [0.3, 0.4) is 0 Å². The van der Waals surface area contributed by atoms with E-state index < -0.39 is 0 Å². The summed E-state index contributed by atoms with van der Waals surface area (Å²) in [4.78, 5) is 12.5. The fourth-order valence-corrected chi connectivity index (χ4v) is 3.25. The second-order valence-electron chi connectivity index (χ2n) is 6.79. The van der Waals surface area contributed by atoms with Crippen molar-refractivity contribution in [3.63, 3.8) is 0 Å². The number of nitrogens with one attached hydrogen (secondary N) is 1. The van der Waals surface area contributed by atoms with Gasteiger partial charge in [-0.05, 0) is 79.7 Å². The Hall–Kier alpha value is -1.37. The average Bonchev–Trinajstić information content (AvgIpc) is 3.40. The fraction of sp³-hybridized carbons (Fsp3) is 0.444. The van der Waals surface area contributed by atoms with Crippen molar-refractivity contribution >= 4 is 34.2 Å². The zero-order valence-electron chi connectivity index (χ0n) is 14.7. The Morgan fingerprint density at radius 2 is 1.96 bits per heavy atom. The molecule has 0 aliphatic heterocycles. The predicted octanol–water partition coefficient (Wildman–Crippen LogP) is 3.53. The van der Waals surface area contributed by atoms with Crippen molar-refractivity contribution in [2.75, 3.05) is 6.54 Å². The molecule has 0 spiro atoms. The van der Waals surface area contributed by atoms with Gasteiger partial charge in [0.15, 0.2) is 0 Å². The van der Waals surface area contributed by atoms with Gasteiger partial charge < -0.3 is 11.1 Å². The zero-order valence-corrected chi connectivity index (χ0v) is 17.1. The first-order valence-corrected chi connectivity index (χ1v) is 9.00. The van der Waals surface area contributed by atoms with Gasteiger partial charge in [0.1, 0.15) is 0 Å². The van der Waals surface area contributed by atoms with Crippen molar-refractivity contribution in [2.24, 2.45) is 11.7 Å². The monoisotopic (exact) mass is 426 g/mol. The highest BCUT2D eigenvalue weighted by molar-refractivity contribution is 9.10. The molecule has 25 heavy (non-hydrogen) atoms. The van der Waals surface area contributed by atoms with E-state index in [1.807, 2.05) is 49.7 Å². The van der Waals surface area contributed by atoms with Crippen molar-refractivity contribution in [1.29, 1.82) is 0 Å². The maximum atomic E-state index is 12.5. The third kappa shape index (κ3) is 3.91. The molecule has 1 fully saturated rings. The first-order valence-electron chi connectivity index (χ1n) is 8.20. The Morgan fingerprint density at radius 1 is 1.36 bits per heavy atom. The molecule has 3 rings (SSSR count). The smallest absolute Gasteiger partial charge is 0.251 e. The second kappa shape index (κ2) is 7.48. The van der Waals surface area contributed by atoms with Gasteiger partial charge in [-0.3, -0.25) is 4.79 Å². The number of halogens is 2. The number of nitrogens with zero attached hydrogens (tertiary/aromatic N) is 2. The van der Waals surface area contributed by atoms with Crippen LogP contribution in [0.15, 0.2) is 28.7 Å². The van der Waals surface area contributed by atoms with E-state index in [4.69, 9.17) is 5.73 Å². The lowest BCUT2D eigenvalue weighted by Gasteiger charge is -2.29. The molecule has 3 N–H and O–H groups in total. The van der Waals surface area contributed by atoms with E-state index in [0.29, 0.717) is 18.0 Å². The van der Waals surface area contributed by atoms with E-state index in [1.165, 1.54) is 0 Å². The molecule has 1 aromatic carbocycles. The van der Waals surface area contributed by atoms with Crippen molar-refractivity contribution in [1.82, 2.24) is 15.1 Å². The maximum absolute atomic E-state index is 12.5. The van der Waals surface area contributed by atoms with Gasteiger partial charge in [0.2, 0.25) is 0 Å². The fourth-order valence-electron chi connectivity index (χ4n) is 3.00. The number of hydrogen-bond acceptors (Lipinski definition) is 3. The average molecular weight is 428 g/mol. The van der Waals surface area contributed by atoms with Crippen LogP contribution >= 0.6 is 28.3 Å². The SMILES string of the molecule is Cc1nn(-c2ccc(C(=O)NC(C)(CN)C3CC3)cc2)c(C)c1Br.Cl. The minimum absolute atomic E-state index is 0. The van der Waals surface area contributed by atoms with Crippen LogP contribution in [0.5, 0.6) is 0 Å². The molecule has 1 unspecified atom stereocenters. The maximum Gasteiger partial charge on any atom is 0.251 e. The van der Waals surface area contributed by atoms with Crippen LogP contribution in [0.25, 0.3) is 5.69 Å². The van der Waals surface area contributed by atoms with Crippen LogP contribution < -0.4 is 11.1 Å². The van der Waals surface area contributed by atoms with Gasteiger partial charge in [-0.25, -0.2) is 4.68 Å². The van der Waals surface area contributed by atoms with Gasteiger partial charge in [-0.15, -0.1) is 12.4 Å². The summed E-state index contributed by atoms with van der Waals surface area (Å²) in [6.45, 7) is 6.46. The number of aryl methyl sites for hydroxylation is 1. The summed E-state index contributed by atoms with van der Waals surface area (Å²) >= 11 is 3.54. The highest BCUT2D eigenvalue weighted by Gasteiger charge is 2.41. The molecular weight excluding hydrogens is 404 g/mol. The number of carbonyl (C=O) groups is 1. The molecule has 7 heteroatoms. The molecule has 5 nitrogen and oxygen atoms in total. The van der Waals surface area contributed by atoms with Crippen molar-refractivity contribution in [3.05, 3.63) is 45.7 Å². The van der Waals surface area contributed by atoms with E-state index in [9.17, 15) is 4.79 Å². The molecule has 1 heterocycles. The number of hydrogen-bond donors (Lipinski definition) is 2. The summed E-state index contributed by atoms with van der Waals surface area (Å²) < 4.78 is 2.88. The van der Waals surface area contributed by atoms with Crippen LogP contribution in [0.2, 0.25) is 0 Å². The van der Waals surface area contributed by atoms with Crippen LogP contribution in [0.1, 0.15) is 41.5 Å². The Morgan fingerprint density at radius 3 is 2.40 bits per heavy atom. The molecule has 2 aromatic rings. The molecule has 1 aromatic heterocycles. The zero-order chi connectivity index (χ0) is 17.5. The standard InChI is InChI=1S/C18H23BrN4O.ClH/c1-11-16(19)12(2)23(22-11)15-8-4-13(5-9-15)17(24)21-18(3,10-20)14-6-7-14;/h4-5,8-9,14H,6-7,10,20H2,1-3H3,(H,21,24);1H. The highest BCUT2D eigenvalue weighted by atomic mass is 79.9. The third-order valence-corrected chi connectivity index (χ3v) is 6.03. The number of rotatable bonds is 5. The Balaban J connectivity index is 0.00000225. The van der Waals surface area contributed by atoms with Gasteiger partial charge >= 0.3 is 0 Å². The normalized spacial score (nSPS) is 16.0. The minimum atomic E-state index is -0.309. The topological polar surface area (TPSA) is 72.9 Å². The van der Waals surface area contributed by atoms with Crippen LogP contribution in [-0.4, -0.2) is 27.8 Å². The van der Waals surface area contributed by atoms with Crippen LogP contribution in [0, 0.1) is 19.8 Å². The molecule has 1 atom stereocenters. The first-order chi connectivity index (χ1) is 11.4. The van der Waals surface area contributed by atoms with Crippen molar-refractivity contribution in [3.8, 4) is 5.69 Å². The Bertz CT molecular complexity index is 770. The summed E-state index contributed by atoms with van der Waals surface area (Å²) in [5.41, 5.74) is 9.12. The van der Waals surface area contributed by atoms with E-state index >= 15 is 0 Å². The summed E-state index contributed by atoms with van der Waals surface area (Å²) in [5.74, 6) is 0.425. The van der Waals surface area contributed by atoms with E-state index in [0.717, 1.165) is 34.4 Å². The number of aromatic nitrogens is 2. The van der Waals surface area contributed by atoms with Gasteiger partial charge in [-0.1, -0.05) is 0 Å². The quantitative estimate of drug-likeness (QED) is 0.766. The minimum Gasteiger partial charge on any atom is -0.345 e. The Labute approximate surface area is 162 Å². The molecule has 136 valence electrons. The lowest BCUT2D eigenvalue weighted by molar-refractivity contribution is 0.0898. The van der Waals surface area contributed by atoms with Gasteiger partial charge in [0.25, 0.3) is 5.91 Å². The first kappa shape index (κ1) is 19.9. The second-order valence-corrected chi connectivity index (χ2v) is 7.59. The molecule has 0 saturated heterocycles. The lowest BCUT2D eigenvalue weighted by Crippen LogP contribution is -2.53. The van der Waals surface area contributed by atoms with Crippen molar-refractivity contribution in [2.45, 2.75) is 39.2 Å². The van der Waals surface area contributed by atoms with Gasteiger partial charge in [0.05, 0.1) is 27.1 Å². The number of benzene rings is 1. The summed E-state index contributed by atoms with van der Waals surface area (Å²) in [5, 5.41) is 7.62. The summed E-state index contributed by atoms with van der Waals surface area (Å²) in [7, 11) is 0. The molecule has 1 saturated carbocycles. The third-order valence-electron chi connectivity index (χ3n) is 4.88. The van der Waals surface area contributed by atoms with Crippen LogP contribution in [0.4, 0.5) is 0 Å². The molecule has 1 aliphatic rings. The number of amides is 1. The predicted molar refractivity (Wildman–Crippen MR) is 106 cm³/mol. The van der Waals surface area contributed by atoms with E-state index in [-0.39, 0.29) is 23.9 Å². The Kier molecular flexibility index (Phi) is 5.97. The summed E-state index contributed by atoms with van der Waals surface area (Å²) in [6.07, 6.45) is 2.28. The molecule has 0 radical (unpaired) electrons. The number of carbonyl (C=O) groups excluding carboxylic acids is 1. The number of nitrogens with two attached hydrogens (primary N) is 1. The largest absolute Gasteiger partial charge is 0.345 e. The molecule has 1 aliphatic carbocycles. The van der Waals surface area contributed by atoms with Crippen LogP contribution in [-0.2, 0) is 0 Å². The van der Waals surface area contributed by atoms with Crippen molar-refractivity contribution < 1.29 is 4.79 Å². The van der Waals surface area contributed by atoms with E-state index in [1.54, 1.807) is 0 Å². The van der Waals surface area contributed by atoms with Gasteiger partial charge in [0, 0.05) is 12.1 Å². The van der Waals surface area contributed by atoms with E-state index in [2.05, 4.69) is 26.3 Å². The highest BCUT2D eigenvalue weighted by Crippen LogP contribution is 2.39. The molecular formula is C18H24BrClN4O. The molecule has 0 bridgehead atoms. The molecule has 1 amide bonds. The lowest BCUT2D eigenvalue weighted by atomic mass is 9.95. The summed E-state index contributed by atoms with van der Waals surface area (Å²) in [6, 6.07) is 7.49.